The first-order valence-electron chi connectivity index (χ1n) is 26.6. The number of piperazine rings is 1. The molecule has 28 heteroatoms. The van der Waals surface area contributed by atoms with Crippen molar-refractivity contribution in [3.8, 4) is 5.75 Å². The number of anilines is 3. The second-order valence-corrected chi connectivity index (χ2v) is 21.1. The second-order valence-electron chi connectivity index (χ2n) is 19.7. The van der Waals surface area contributed by atoms with Crippen LogP contribution < -0.4 is 31.7 Å². The molecule has 6 rings (SSSR count). The van der Waals surface area contributed by atoms with Crippen LogP contribution in [0.5, 0.6) is 5.75 Å². The Labute approximate surface area is 462 Å². The zero-order chi connectivity index (χ0) is 57.9. The van der Waals surface area contributed by atoms with Gasteiger partial charge in [-0.15, -0.1) is 0 Å². The van der Waals surface area contributed by atoms with Crippen LogP contribution in [0.4, 0.5) is 17.5 Å². The van der Waals surface area contributed by atoms with E-state index < -0.39 is 80.7 Å². The largest absolute Gasteiger partial charge is 0.481 e. The Morgan fingerprint density at radius 2 is 1.56 bits per heavy atom. The Balaban J connectivity index is 0.951. The number of nitrogens with two attached hydrogens (primary N) is 1. The van der Waals surface area contributed by atoms with E-state index in [1.54, 1.807) is 0 Å². The quantitative estimate of drug-likeness (QED) is 0.0245. The molecular weight excluding hydrogens is 1070 g/mol. The number of carboxylic acid groups (broad SMARTS) is 2. The number of nitrogens with zero attached hydrogens (tertiary/aromatic N) is 5. The number of nitrogens with one attached hydrogen (secondary N) is 4. The lowest BCUT2D eigenvalue weighted by Gasteiger charge is -2.38. The highest BCUT2D eigenvalue weighted by Crippen LogP contribution is 2.44. The SMILES string of the molecule is CCCCCNc1nc(N)nc2ccn(Cc3ccc(CN4CCN(CCOP(=O)(O)OCc5ccc(O[C@@H]6O[C@H](C(=O)O)[C@@H](O)[C@H](O)[C@H]6O)c(NC(=O)CCNC(=O)CCOCCNC(=O)CC(C)C(=O)O)c5)CC4)cc3C)c12. The van der Waals surface area contributed by atoms with Crippen molar-refractivity contribution in [2.24, 2.45) is 5.92 Å². The number of phosphoric ester groups is 1. The number of nitrogen functional groups attached to an aromatic ring is 1. The number of aryl methyl sites for hydroxylation is 1. The maximum atomic E-state index is 13.2. The Morgan fingerprint density at radius 1 is 0.825 bits per heavy atom. The van der Waals surface area contributed by atoms with Gasteiger partial charge in [0.25, 0.3) is 0 Å². The van der Waals surface area contributed by atoms with Gasteiger partial charge in [-0.2, -0.15) is 4.98 Å². The van der Waals surface area contributed by atoms with E-state index in [1.807, 2.05) is 12.3 Å². The topological polar surface area (TPSA) is 381 Å². The molecule has 0 radical (unpaired) electrons. The number of unbranched alkanes of at least 4 members (excludes halogenated alkanes) is 2. The van der Waals surface area contributed by atoms with E-state index >= 15 is 0 Å². The smallest absolute Gasteiger partial charge is 0.472 e. The first-order valence-corrected chi connectivity index (χ1v) is 28.1. The zero-order valence-electron chi connectivity index (χ0n) is 45.2. The fourth-order valence-corrected chi connectivity index (χ4v) is 9.51. The number of hydrogen-bond donors (Lipinski definition) is 11. The van der Waals surface area contributed by atoms with E-state index in [2.05, 4.69) is 77.6 Å². The summed E-state index contributed by atoms with van der Waals surface area (Å²) < 4.78 is 42.1. The lowest BCUT2D eigenvalue weighted by molar-refractivity contribution is -0.271. The molecule has 12 N–H and O–H groups in total. The third-order valence-corrected chi connectivity index (χ3v) is 14.3. The van der Waals surface area contributed by atoms with Crippen LogP contribution in [-0.4, -0.2) is 187 Å². The highest BCUT2D eigenvalue weighted by atomic mass is 31.2. The van der Waals surface area contributed by atoms with Crippen molar-refractivity contribution in [3.05, 3.63) is 70.9 Å². The molecule has 0 bridgehead atoms. The fraction of sp³-hybridized carbons (Fsp3) is 0.558. The van der Waals surface area contributed by atoms with Crippen molar-refractivity contribution in [2.45, 2.75) is 110 Å². The average molecular weight is 1140 g/mol. The van der Waals surface area contributed by atoms with Crippen LogP contribution in [-0.2, 0) is 66.8 Å². The minimum Gasteiger partial charge on any atom is -0.481 e. The second kappa shape index (κ2) is 30.5. The highest BCUT2D eigenvalue weighted by molar-refractivity contribution is 7.47. The predicted octanol–water partition coefficient (Wildman–Crippen LogP) is 1.77. The van der Waals surface area contributed by atoms with Crippen LogP contribution in [0.2, 0.25) is 0 Å². The Bertz CT molecular complexity index is 2780. The molecule has 27 nitrogen and oxygen atoms in total. The molecule has 2 fully saturated rings. The number of rotatable bonds is 32. The van der Waals surface area contributed by atoms with Crippen LogP contribution in [0.25, 0.3) is 11.0 Å². The molecule has 7 atom stereocenters. The molecule has 0 spiro atoms. The number of carbonyl (C=O) groups excluding carboxylic acids is 3. The lowest BCUT2D eigenvalue weighted by atomic mass is 9.99. The van der Waals surface area contributed by atoms with Gasteiger partial charge in [-0.05, 0) is 53.8 Å². The van der Waals surface area contributed by atoms with Gasteiger partial charge in [-0.25, -0.2) is 14.3 Å². The number of aromatic nitrogens is 3. The Hall–Kier alpha value is -6.36. The minimum absolute atomic E-state index is 0.0118. The first-order chi connectivity index (χ1) is 38.2. The van der Waals surface area contributed by atoms with Gasteiger partial charge in [0.2, 0.25) is 30.0 Å². The van der Waals surface area contributed by atoms with Gasteiger partial charge in [-0.1, -0.05) is 51.0 Å². The standard InChI is InChI=1S/C52H75N10O17P/c1-4-5-6-14-56-48-43-37(58-52(53)59-48)12-17-62(43)30-36-9-7-34(26-32(36)2)29-61-20-18-60(19-21-61)22-25-76-80(73,74)77-31-35-8-10-39(78-51-46(68)44(66)45(67)47(79-51)50(71)72)38(28-35)57-41(64)11-15-54-40(63)13-23-75-24-16-55-42(65)27-33(3)49(69)70/h7-10,12,17,26,28,33,44-47,51,66-68H,4-6,11,13-16,18-25,27,29-31H2,1-3H3,(H,54,63)(H,55,65)(H,57,64)(H,69,70)(H,71,72)(H,73,74)(H3,53,56,58,59)/t33?,44-,45-,46+,47-,51+/m0/s1. The number of carbonyl (C=O) groups is 5. The van der Waals surface area contributed by atoms with Gasteiger partial charge >= 0.3 is 19.8 Å². The molecule has 80 heavy (non-hydrogen) atoms. The molecule has 2 aliphatic heterocycles. The summed E-state index contributed by atoms with van der Waals surface area (Å²) >= 11 is 0. The summed E-state index contributed by atoms with van der Waals surface area (Å²) in [6, 6.07) is 12.4. The number of phosphoric acid groups is 1. The number of carboxylic acids is 2. The van der Waals surface area contributed by atoms with Crippen molar-refractivity contribution in [3.63, 3.8) is 0 Å². The number of aliphatic carboxylic acids is 2. The van der Waals surface area contributed by atoms with Gasteiger partial charge in [0.15, 0.2) is 11.9 Å². The minimum atomic E-state index is -4.62. The van der Waals surface area contributed by atoms with Gasteiger partial charge in [-0.3, -0.25) is 38.0 Å². The molecule has 2 unspecified atom stereocenters. The van der Waals surface area contributed by atoms with E-state index in [0.29, 0.717) is 26.2 Å². The van der Waals surface area contributed by atoms with Crippen LogP contribution >= 0.6 is 7.82 Å². The van der Waals surface area contributed by atoms with Crippen molar-refractivity contribution in [1.82, 2.24) is 35.0 Å². The molecule has 3 amide bonds. The van der Waals surface area contributed by atoms with Crippen LogP contribution in [0.15, 0.2) is 48.7 Å². The summed E-state index contributed by atoms with van der Waals surface area (Å²) in [5, 5.41) is 60.7. The fourth-order valence-electron chi connectivity index (χ4n) is 8.81. The third kappa shape index (κ3) is 19.1. The number of hydrogen-bond acceptors (Lipinski definition) is 20. The number of amides is 3. The van der Waals surface area contributed by atoms with Crippen molar-refractivity contribution in [2.75, 3.05) is 88.5 Å². The molecule has 4 aromatic rings. The van der Waals surface area contributed by atoms with E-state index in [4.69, 9.17) is 34.1 Å². The summed E-state index contributed by atoms with van der Waals surface area (Å²) in [5.41, 5.74) is 11.4. The van der Waals surface area contributed by atoms with Crippen LogP contribution in [0.1, 0.15) is 74.6 Å². The molecule has 0 aliphatic carbocycles. The molecular formula is C52H75N10O17P. The predicted molar refractivity (Wildman–Crippen MR) is 290 cm³/mol. The van der Waals surface area contributed by atoms with Crippen molar-refractivity contribution >= 4 is 66.0 Å². The maximum absolute atomic E-state index is 13.2. The first kappa shape index (κ1) is 62.8. The number of ether oxygens (including phenoxy) is 3. The van der Waals surface area contributed by atoms with Crippen molar-refractivity contribution in [1.29, 1.82) is 0 Å². The van der Waals surface area contributed by atoms with Crippen molar-refractivity contribution < 1.29 is 82.2 Å². The molecule has 2 aliphatic rings. The average Bonchev–Trinajstić information content (AvgIpc) is 3.84. The molecule has 4 heterocycles. The molecule has 440 valence electrons. The van der Waals surface area contributed by atoms with Crippen LogP contribution in [0.3, 0.4) is 0 Å². The Kier molecular flexibility index (Phi) is 23.9. The number of aliphatic hydroxyl groups excluding tert-OH is 3. The summed E-state index contributed by atoms with van der Waals surface area (Å²) in [5.74, 6) is -4.39. The van der Waals surface area contributed by atoms with E-state index in [0.717, 1.165) is 67.9 Å². The van der Waals surface area contributed by atoms with E-state index in [-0.39, 0.29) is 75.1 Å². The third-order valence-electron chi connectivity index (χ3n) is 13.4. The maximum Gasteiger partial charge on any atom is 0.472 e. The number of benzene rings is 2. The van der Waals surface area contributed by atoms with Gasteiger partial charge < -0.3 is 76.2 Å². The van der Waals surface area contributed by atoms with Crippen LogP contribution in [0, 0.1) is 12.8 Å². The lowest BCUT2D eigenvalue weighted by Crippen LogP contribution is -2.61. The summed E-state index contributed by atoms with van der Waals surface area (Å²) in [4.78, 5) is 84.1. The summed E-state index contributed by atoms with van der Waals surface area (Å²) in [6.45, 7) is 10.6. The van der Waals surface area contributed by atoms with E-state index in [9.17, 15) is 53.9 Å². The molecule has 2 saturated heterocycles. The van der Waals surface area contributed by atoms with Gasteiger partial charge in [0, 0.05) is 90.9 Å². The van der Waals surface area contributed by atoms with E-state index in [1.165, 1.54) is 36.2 Å². The van der Waals surface area contributed by atoms with Gasteiger partial charge in [0.1, 0.15) is 29.6 Å². The Morgan fingerprint density at radius 3 is 2.29 bits per heavy atom. The highest BCUT2D eigenvalue weighted by Gasteiger charge is 2.48. The number of aliphatic hydroxyl groups is 3. The summed E-state index contributed by atoms with van der Waals surface area (Å²) in [7, 11) is -4.62. The number of fused-ring (bicyclic) bond motifs is 1. The molecule has 2 aromatic heterocycles. The normalized spacial score (nSPS) is 19.9. The summed E-state index contributed by atoms with van der Waals surface area (Å²) in [6.07, 6.45) is -5.01. The zero-order valence-corrected chi connectivity index (χ0v) is 46.1. The molecule has 2 aromatic carbocycles. The van der Waals surface area contributed by atoms with Gasteiger partial charge in [0.05, 0.1) is 43.5 Å². The monoisotopic (exact) mass is 1140 g/mol. The molecule has 0 saturated carbocycles.